The minimum atomic E-state index is 0.132. The van der Waals surface area contributed by atoms with Crippen molar-refractivity contribution >= 4 is 6.03 Å². The van der Waals surface area contributed by atoms with Crippen molar-refractivity contribution in [3.8, 4) is 0 Å². The van der Waals surface area contributed by atoms with E-state index in [4.69, 9.17) is 4.74 Å². The predicted octanol–water partition coefficient (Wildman–Crippen LogP) is 1.54. The summed E-state index contributed by atoms with van der Waals surface area (Å²) in [6, 6.07) is 0.526. The fraction of sp³-hybridized carbons (Fsp3) is 0.933. The summed E-state index contributed by atoms with van der Waals surface area (Å²) in [6.45, 7) is 7.89. The third-order valence-electron chi connectivity index (χ3n) is 4.59. The van der Waals surface area contributed by atoms with E-state index >= 15 is 0 Å². The van der Waals surface area contributed by atoms with Crippen LogP contribution in [-0.2, 0) is 4.74 Å². The Morgan fingerprint density at radius 3 is 2.90 bits per heavy atom. The number of carbonyl (C=O) groups excluding carboxylic acids is 1. The number of carbonyl (C=O) groups is 1. The Balaban J connectivity index is 1.66. The monoisotopic (exact) mass is 283 g/mol. The molecule has 5 nitrogen and oxygen atoms in total. The summed E-state index contributed by atoms with van der Waals surface area (Å²) in [5.41, 5.74) is 0. The second kappa shape index (κ2) is 7.84. The van der Waals surface area contributed by atoms with Gasteiger partial charge in [-0.15, -0.1) is 0 Å². The van der Waals surface area contributed by atoms with Gasteiger partial charge in [0.05, 0.1) is 6.61 Å². The Morgan fingerprint density at radius 1 is 1.30 bits per heavy atom. The van der Waals surface area contributed by atoms with Crippen LogP contribution < -0.4 is 5.32 Å². The average Bonchev–Trinajstić information content (AvgIpc) is 2.91. The molecule has 0 aliphatic carbocycles. The highest BCUT2D eigenvalue weighted by atomic mass is 16.5. The summed E-state index contributed by atoms with van der Waals surface area (Å²) >= 11 is 0. The minimum absolute atomic E-state index is 0.132. The van der Waals surface area contributed by atoms with Crippen molar-refractivity contribution in [3.05, 3.63) is 0 Å². The topological polar surface area (TPSA) is 44.8 Å². The van der Waals surface area contributed by atoms with Crippen molar-refractivity contribution in [1.29, 1.82) is 0 Å². The van der Waals surface area contributed by atoms with Crippen molar-refractivity contribution in [1.82, 2.24) is 15.1 Å². The van der Waals surface area contributed by atoms with E-state index in [9.17, 15) is 4.79 Å². The molecule has 0 aromatic heterocycles. The lowest BCUT2D eigenvalue weighted by Crippen LogP contribution is -2.48. The molecule has 5 heteroatoms. The summed E-state index contributed by atoms with van der Waals surface area (Å²) < 4.78 is 5.11. The molecule has 2 heterocycles. The molecule has 116 valence electrons. The van der Waals surface area contributed by atoms with Gasteiger partial charge in [-0.3, -0.25) is 0 Å². The van der Waals surface area contributed by atoms with Crippen LogP contribution in [0.2, 0.25) is 0 Å². The number of hydrogen-bond donors (Lipinski definition) is 1. The molecule has 2 aliphatic rings. The van der Waals surface area contributed by atoms with Gasteiger partial charge in [0.1, 0.15) is 0 Å². The first-order valence-corrected chi connectivity index (χ1v) is 7.96. The number of urea groups is 1. The summed E-state index contributed by atoms with van der Waals surface area (Å²) in [4.78, 5) is 16.6. The third kappa shape index (κ3) is 4.35. The van der Waals surface area contributed by atoms with Gasteiger partial charge in [-0.2, -0.15) is 0 Å². The smallest absolute Gasteiger partial charge is 0.317 e. The summed E-state index contributed by atoms with van der Waals surface area (Å²) in [5.74, 6) is 0.593. The van der Waals surface area contributed by atoms with Gasteiger partial charge >= 0.3 is 6.03 Å². The van der Waals surface area contributed by atoms with Crippen LogP contribution in [0.1, 0.15) is 32.6 Å². The van der Waals surface area contributed by atoms with Crippen LogP contribution >= 0.6 is 0 Å². The summed E-state index contributed by atoms with van der Waals surface area (Å²) in [6.07, 6.45) is 4.72. The SMILES string of the molecule is COCCN1CCC(CNC(=O)N2CCCCC2C)C1. The Labute approximate surface area is 122 Å². The number of likely N-dealkylation sites (tertiary alicyclic amines) is 2. The van der Waals surface area contributed by atoms with Crippen molar-refractivity contribution in [3.63, 3.8) is 0 Å². The number of hydrogen-bond acceptors (Lipinski definition) is 3. The van der Waals surface area contributed by atoms with Crippen molar-refractivity contribution in [2.75, 3.05) is 46.4 Å². The molecule has 2 unspecified atom stereocenters. The number of amides is 2. The first-order valence-electron chi connectivity index (χ1n) is 7.96. The van der Waals surface area contributed by atoms with Gasteiger partial charge in [0.25, 0.3) is 0 Å². The van der Waals surface area contributed by atoms with Gasteiger partial charge < -0.3 is 19.9 Å². The zero-order valence-corrected chi connectivity index (χ0v) is 12.9. The molecule has 0 radical (unpaired) electrons. The van der Waals surface area contributed by atoms with Gasteiger partial charge in [0, 0.05) is 39.3 Å². The number of ether oxygens (including phenoxy) is 1. The maximum Gasteiger partial charge on any atom is 0.317 e. The Bertz CT molecular complexity index is 311. The Hall–Kier alpha value is -0.810. The fourth-order valence-corrected chi connectivity index (χ4v) is 3.24. The zero-order chi connectivity index (χ0) is 14.4. The number of rotatable bonds is 5. The van der Waals surface area contributed by atoms with Crippen LogP contribution in [0.25, 0.3) is 0 Å². The molecular formula is C15H29N3O2. The zero-order valence-electron chi connectivity index (χ0n) is 12.9. The minimum Gasteiger partial charge on any atom is -0.383 e. The largest absolute Gasteiger partial charge is 0.383 e. The normalized spacial score (nSPS) is 27.8. The molecule has 0 bridgehead atoms. The van der Waals surface area contributed by atoms with Crippen molar-refractivity contribution in [2.24, 2.45) is 5.92 Å². The Morgan fingerprint density at radius 2 is 2.15 bits per heavy atom. The third-order valence-corrected chi connectivity index (χ3v) is 4.59. The molecule has 2 amide bonds. The van der Waals surface area contributed by atoms with E-state index in [2.05, 4.69) is 17.1 Å². The van der Waals surface area contributed by atoms with E-state index < -0.39 is 0 Å². The Kier molecular flexibility index (Phi) is 6.10. The highest BCUT2D eigenvalue weighted by molar-refractivity contribution is 5.74. The van der Waals surface area contributed by atoms with E-state index in [1.54, 1.807) is 7.11 Å². The summed E-state index contributed by atoms with van der Waals surface area (Å²) in [7, 11) is 1.74. The van der Waals surface area contributed by atoms with E-state index in [-0.39, 0.29) is 6.03 Å². The molecule has 0 spiro atoms. The molecule has 0 aromatic carbocycles. The average molecular weight is 283 g/mol. The maximum absolute atomic E-state index is 12.2. The molecule has 2 saturated heterocycles. The number of nitrogens with one attached hydrogen (secondary N) is 1. The van der Waals surface area contributed by atoms with Crippen LogP contribution in [0.5, 0.6) is 0 Å². The van der Waals surface area contributed by atoms with Gasteiger partial charge in [0.2, 0.25) is 0 Å². The molecule has 20 heavy (non-hydrogen) atoms. The quantitative estimate of drug-likeness (QED) is 0.832. The number of piperidine rings is 1. The van der Waals surface area contributed by atoms with Gasteiger partial charge in [-0.05, 0) is 45.1 Å². The van der Waals surface area contributed by atoms with E-state index in [1.165, 1.54) is 12.8 Å². The molecule has 2 rings (SSSR count). The lowest BCUT2D eigenvalue weighted by atomic mass is 10.0. The number of nitrogens with zero attached hydrogens (tertiary/aromatic N) is 2. The summed E-state index contributed by atoms with van der Waals surface area (Å²) in [5, 5.41) is 3.13. The van der Waals surface area contributed by atoms with Crippen LogP contribution in [0, 0.1) is 5.92 Å². The van der Waals surface area contributed by atoms with Gasteiger partial charge in [0.15, 0.2) is 0 Å². The van der Waals surface area contributed by atoms with Crippen LogP contribution in [-0.4, -0.2) is 68.3 Å². The standard InChI is InChI=1S/C15H29N3O2/c1-13-5-3-4-7-18(13)15(19)16-11-14-6-8-17(12-14)9-10-20-2/h13-14H,3-12H2,1-2H3,(H,16,19). The van der Waals surface area contributed by atoms with Crippen molar-refractivity contribution in [2.45, 2.75) is 38.6 Å². The van der Waals surface area contributed by atoms with Gasteiger partial charge in [-0.25, -0.2) is 4.79 Å². The van der Waals surface area contributed by atoms with Crippen molar-refractivity contribution < 1.29 is 9.53 Å². The molecule has 0 aromatic rings. The van der Waals surface area contributed by atoms with Crippen LogP contribution in [0.4, 0.5) is 4.79 Å². The lowest BCUT2D eigenvalue weighted by molar-refractivity contribution is 0.154. The maximum atomic E-state index is 12.2. The van der Waals surface area contributed by atoms with E-state index in [1.807, 2.05) is 4.90 Å². The first kappa shape index (κ1) is 15.6. The molecular weight excluding hydrogens is 254 g/mol. The van der Waals surface area contributed by atoms with Crippen LogP contribution in [0.15, 0.2) is 0 Å². The molecule has 1 N–H and O–H groups in total. The molecule has 2 fully saturated rings. The number of methoxy groups -OCH3 is 1. The predicted molar refractivity (Wildman–Crippen MR) is 79.8 cm³/mol. The molecule has 2 aliphatic heterocycles. The van der Waals surface area contributed by atoms with Crippen LogP contribution in [0.3, 0.4) is 0 Å². The second-order valence-corrected chi connectivity index (χ2v) is 6.17. The second-order valence-electron chi connectivity index (χ2n) is 6.17. The first-order chi connectivity index (χ1) is 9.70. The van der Waals surface area contributed by atoms with E-state index in [0.717, 1.165) is 52.2 Å². The lowest BCUT2D eigenvalue weighted by Gasteiger charge is -2.33. The van der Waals surface area contributed by atoms with E-state index in [0.29, 0.717) is 12.0 Å². The molecule has 2 atom stereocenters. The fourth-order valence-electron chi connectivity index (χ4n) is 3.24. The van der Waals surface area contributed by atoms with Gasteiger partial charge in [-0.1, -0.05) is 0 Å². The highest BCUT2D eigenvalue weighted by Crippen LogP contribution is 2.17. The highest BCUT2D eigenvalue weighted by Gasteiger charge is 2.26. The molecule has 0 saturated carbocycles.